The van der Waals surface area contributed by atoms with E-state index in [-0.39, 0.29) is 30.8 Å². The van der Waals surface area contributed by atoms with Gasteiger partial charge in [-0.3, -0.25) is 14.4 Å². The van der Waals surface area contributed by atoms with E-state index in [9.17, 15) is 24.3 Å². The van der Waals surface area contributed by atoms with Gasteiger partial charge < -0.3 is 47.6 Å². The maximum absolute atomic E-state index is 14.7. The van der Waals surface area contributed by atoms with Gasteiger partial charge in [0.1, 0.15) is 29.6 Å². The molecular formula is C43H66N4O11. The predicted molar refractivity (Wildman–Crippen MR) is 213 cm³/mol. The first-order chi connectivity index (χ1) is 27.4. The normalized spacial score (nSPS) is 36.8. The Labute approximate surface area is 343 Å². The van der Waals surface area contributed by atoms with Crippen LogP contribution in [0.2, 0.25) is 0 Å². The number of carbonyl (C=O) groups excluding carboxylic acids is 4. The van der Waals surface area contributed by atoms with E-state index in [4.69, 9.17) is 28.1 Å². The second kappa shape index (κ2) is 18.7. The Hall–Kier alpha value is -3.63. The van der Waals surface area contributed by atoms with Crippen LogP contribution in [0.25, 0.3) is 11.5 Å². The van der Waals surface area contributed by atoms with E-state index >= 15 is 0 Å². The Kier molecular flexibility index (Phi) is 14.7. The summed E-state index contributed by atoms with van der Waals surface area (Å²) in [7, 11) is 3.43. The number of aliphatic hydroxyl groups is 1. The van der Waals surface area contributed by atoms with Gasteiger partial charge in [-0.1, -0.05) is 34.6 Å². The number of amides is 1. The van der Waals surface area contributed by atoms with E-state index in [2.05, 4.69) is 4.98 Å². The maximum atomic E-state index is 14.7. The molecule has 3 saturated heterocycles. The molecule has 0 bridgehead atoms. The minimum absolute atomic E-state index is 0.130. The summed E-state index contributed by atoms with van der Waals surface area (Å²) in [5.41, 5.74) is -1.95. The molecule has 324 valence electrons. The number of hydrogen-bond donors (Lipinski definition) is 1. The third kappa shape index (κ3) is 9.23. The van der Waals surface area contributed by atoms with Crippen LogP contribution in [-0.4, -0.2) is 129 Å². The molecule has 0 aromatic carbocycles. The molecule has 3 aliphatic heterocycles. The van der Waals surface area contributed by atoms with Crippen LogP contribution in [0, 0.1) is 23.7 Å². The molecule has 13 atom stereocenters. The highest BCUT2D eigenvalue weighted by atomic mass is 16.7. The fraction of sp³-hybridized carbons (Fsp3) is 0.744. The van der Waals surface area contributed by atoms with Crippen LogP contribution in [-0.2, 0) is 44.6 Å². The second-order valence-corrected chi connectivity index (χ2v) is 17.2. The van der Waals surface area contributed by atoms with Crippen molar-refractivity contribution in [3.63, 3.8) is 0 Å². The van der Waals surface area contributed by atoms with Crippen molar-refractivity contribution in [3.8, 4) is 11.5 Å². The summed E-state index contributed by atoms with van der Waals surface area (Å²) < 4.78 is 38.7. The van der Waals surface area contributed by atoms with Gasteiger partial charge in [-0.25, -0.2) is 9.78 Å². The quantitative estimate of drug-likeness (QED) is 0.162. The lowest BCUT2D eigenvalue weighted by Gasteiger charge is -2.47. The van der Waals surface area contributed by atoms with Crippen LogP contribution in [0.4, 0.5) is 4.79 Å². The summed E-state index contributed by atoms with van der Waals surface area (Å²) in [6.45, 7) is 17.6. The number of aromatic nitrogens is 2. The summed E-state index contributed by atoms with van der Waals surface area (Å²) in [4.78, 5) is 64.9. The highest BCUT2D eigenvalue weighted by Gasteiger charge is 2.60. The molecule has 2 aromatic heterocycles. The zero-order valence-corrected chi connectivity index (χ0v) is 36.2. The molecule has 1 N–H and O–H groups in total. The highest BCUT2D eigenvalue weighted by molar-refractivity contribution is 6.00. The maximum Gasteiger partial charge on any atom is 0.410 e. The number of fused-ring (bicyclic) bond motifs is 1. The van der Waals surface area contributed by atoms with Crippen molar-refractivity contribution in [3.05, 3.63) is 30.9 Å². The number of ether oxygens (including phenoxy) is 5. The van der Waals surface area contributed by atoms with Gasteiger partial charge >= 0.3 is 12.1 Å². The standard InChI is InChI=1S/C43H66N4O11/c1-12-33-43(9)37(47(41(52)58-43)19-15-14-18-46-23-30(44-24-46)32-17-16-20-54-32)27(5)34(48)25(3)22-42(8,53-11)38(28(6)35(49)29(7)39(51)56-33)57-40-36(50)31(45(10)13-2)21-26(4)55-40/h16-17,20,23-29,31,33,36-38,40,50H,12-15,18-19,21-22H2,1-11H3/t25-,26-,27+,28+,29-,31+,33-,36-,37+,38-,40+,42-,43-/m1/s1. The van der Waals surface area contributed by atoms with Gasteiger partial charge in [-0.05, 0) is 85.5 Å². The van der Waals surface area contributed by atoms with Crippen molar-refractivity contribution in [2.75, 3.05) is 27.2 Å². The largest absolute Gasteiger partial charge is 0.463 e. The number of rotatable bonds is 12. The molecule has 2 aromatic rings. The van der Waals surface area contributed by atoms with Crippen molar-refractivity contribution in [2.45, 2.75) is 155 Å². The number of aliphatic hydroxyl groups excluding tert-OH is 1. The number of cyclic esters (lactones) is 1. The average molecular weight is 815 g/mol. The van der Waals surface area contributed by atoms with Crippen LogP contribution in [0.15, 0.2) is 35.3 Å². The van der Waals surface area contributed by atoms with Gasteiger partial charge in [0.25, 0.3) is 0 Å². The van der Waals surface area contributed by atoms with Crippen molar-refractivity contribution < 1.29 is 52.4 Å². The van der Waals surface area contributed by atoms with E-state index in [0.29, 0.717) is 44.7 Å². The molecule has 15 heteroatoms. The molecular weight excluding hydrogens is 748 g/mol. The van der Waals surface area contributed by atoms with Gasteiger partial charge in [0.2, 0.25) is 0 Å². The SMILES string of the molecule is CC[C@H]1OC(=O)[C@H](C)C(=O)[C@H](C)[C@@H](O[C@@H]2O[C@H](C)C[C@H](N(C)CC)[C@H]2O)[C@](C)(OC)C[C@@H](C)C(=O)[C@H](C)[C@@H]2N(CCCCn3cnc(-c4ccco4)c3)C(=O)O[C@@]21C. The number of hydrogen-bond acceptors (Lipinski definition) is 13. The van der Waals surface area contributed by atoms with Gasteiger partial charge in [-0.2, -0.15) is 0 Å². The molecule has 0 unspecified atom stereocenters. The van der Waals surface area contributed by atoms with Gasteiger partial charge in [0, 0.05) is 50.2 Å². The molecule has 3 fully saturated rings. The third-order valence-corrected chi connectivity index (χ3v) is 13.0. The van der Waals surface area contributed by atoms with E-state index in [1.165, 1.54) is 14.0 Å². The molecule has 5 rings (SSSR count). The molecule has 3 aliphatic rings. The van der Waals surface area contributed by atoms with E-state index in [1.54, 1.807) is 45.2 Å². The molecule has 15 nitrogen and oxygen atoms in total. The smallest absolute Gasteiger partial charge is 0.410 e. The number of nitrogens with zero attached hydrogens (tertiary/aromatic N) is 4. The van der Waals surface area contributed by atoms with Gasteiger partial charge in [0.05, 0.1) is 36.4 Å². The van der Waals surface area contributed by atoms with Crippen LogP contribution < -0.4 is 0 Å². The summed E-state index contributed by atoms with van der Waals surface area (Å²) >= 11 is 0. The molecule has 0 spiro atoms. The Morgan fingerprint density at radius 2 is 1.72 bits per heavy atom. The van der Waals surface area contributed by atoms with Gasteiger partial charge in [0.15, 0.2) is 23.4 Å². The third-order valence-electron chi connectivity index (χ3n) is 13.0. The number of likely N-dealkylation sites (N-methyl/N-ethyl adjacent to an activating group) is 1. The minimum atomic E-state index is -1.40. The van der Waals surface area contributed by atoms with Crippen molar-refractivity contribution in [1.29, 1.82) is 0 Å². The lowest BCUT2D eigenvalue weighted by molar-refractivity contribution is -0.296. The Bertz CT molecular complexity index is 1720. The number of Topliss-reactive ketones (excluding diaryl/α,β-unsaturated/α-hetero) is 2. The van der Waals surface area contributed by atoms with E-state index in [0.717, 1.165) is 5.69 Å². The lowest BCUT2D eigenvalue weighted by Crippen LogP contribution is -2.60. The fourth-order valence-electron chi connectivity index (χ4n) is 9.48. The number of unbranched alkanes of at least 4 members (excludes halogenated alkanes) is 1. The van der Waals surface area contributed by atoms with E-state index < -0.39 is 83.4 Å². The average Bonchev–Trinajstić information content (AvgIpc) is 3.96. The Morgan fingerprint density at radius 3 is 2.36 bits per heavy atom. The first-order valence-corrected chi connectivity index (χ1v) is 21.0. The number of imidazole rings is 1. The molecule has 5 heterocycles. The van der Waals surface area contributed by atoms with Crippen LogP contribution >= 0.6 is 0 Å². The van der Waals surface area contributed by atoms with Crippen molar-refractivity contribution >= 4 is 23.6 Å². The Balaban J connectivity index is 1.44. The zero-order valence-electron chi connectivity index (χ0n) is 36.2. The highest BCUT2D eigenvalue weighted by Crippen LogP contribution is 2.43. The number of furan rings is 1. The van der Waals surface area contributed by atoms with Crippen molar-refractivity contribution in [2.24, 2.45) is 23.7 Å². The molecule has 0 radical (unpaired) electrons. The van der Waals surface area contributed by atoms with Crippen LogP contribution in [0.5, 0.6) is 0 Å². The summed E-state index contributed by atoms with van der Waals surface area (Å²) in [6, 6.07) is 2.60. The van der Waals surface area contributed by atoms with Crippen LogP contribution in [0.1, 0.15) is 94.4 Å². The van der Waals surface area contributed by atoms with Gasteiger partial charge in [-0.15, -0.1) is 0 Å². The lowest BCUT2D eigenvalue weighted by atomic mass is 9.73. The number of ketones is 2. The Morgan fingerprint density at radius 1 is 1.02 bits per heavy atom. The molecule has 58 heavy (non-hydrogen) atoms. The number of aryl methyl sites for hydroxylation is 1. The molecule has 0 saturated carbocycles. The summed E-state index contributed by atoms with van der Waals surface area (Å²) in [5, 5.41) is 11.6. The predicted octanol–water partition coefficient (Wildman–Crippen LogP) is 5.52. The first-order valence-electron chi connectivity index (χ1n) is 21.0. The molecule has 1 amide bonds. The minimum Gasteiger partial charge on any atom is -0.463 e. The van der Waals surface area contributed by atoms with Crippen LogP contribution in [0.3, 0.4) is 0 Å². The fourth-order valence-corrected chi connectivity index (χ4v) is 9.48. The van der Waals surface area contributed by atoms with E-state index in [1.807, 2.05) is 62.5 Å². The first kappa shape index (κ1) is 45.5. The van der Waals surface area contributed by atoms with Crippen molar-refractivity contribution in [1.82, 2.24) is 19.4 Å². The summed E-state index contributed by atoms with van der Waals surface area (Å²) in [5.74, 6) is -4.28. The summed E-state index contributed by atoms with van der Waals surface area (Å²) in [6.07, 6.45) is 2.49. The second-order valence-electron chi connectivity index (χ2n) is 17.2. The number of carbonyl (C=O) groups is 4. The number of methoxy groups -OCH3 is 1. The monoisotopic (exact) mass is 814 g/mol. The molecule has 0 aliphatic carbocycles. The topological polar surface area (TPSA) is 172 Å². The number of esters is 1. The zero-order chi connectivity index (χ0) is 42.7.